The van der Waals surface area contributed by atoms with E-state index in [0.717, 1.165) is 0 Å². The van der Waals surface area contributed by atoms with E-state index in [1.807, 2.05) is 0 Å². The normalized spacial score (nSPS) is 25.1. The van der Waals surface area contributed by atoms with Gasteiger partial charge in [-0.2, -0.15) is 0 Å². The number of nitrogens with one attached hydrogen (secondary N) is 2. The summed E-state index contributed by atoms with van der Waals surface area (Å²) in [6.07, 6.45) is -0.601. The number of alkyl carbamates (subject to hydrolysis) is 1. The summed E-state index contributed by atoms with van der Waals surface area (Å²) in [6.45, 7) is 8.43. The average molecular weight is 450 g/mol. The molecule has 0 aromatic heterocycles. The van der Waals surface area contributed by atoms with E-state index >= 15 is 0 Å². The molecular formula is C21H27N3O6S. The lowest BCUT2D eigenvalue weighted by molar-refractivity contribution is -0.173. The molecule has 0 aliphatic carbocycles. The number of aliphatic carboxylic acids is 1. The number of β-lactam (4-membered cyclic amide) rings is 1. The van der Waals surface area contributed by atoms with E-state index in [4.69, 9.17) is 4.74 Å². The third-order valence-electron chi connectivity index (χ3n) is 5.24. The molecule has 10 heteroatoms. The number of carboxylic acid groups (broad SMARTS) is 1. The highest BCUT2D eigenvalue weighted by atomic mass is 32.2. The fourth-order valence-electron chi connectivity index (χ4n) is 3.85. The van der Waals surface area contributed by atoms with Gasteiger partial charge in [0.1, 0.15) is 11.6 Å². The Labute approximate surface area is 184 Å². The zero-order valence-corrected chi connectivity index (χ0v) is 18.9. The Morgan fingerprint density at radius 3 is 2.35 bits per heavy atom. The van der Waals surface area contributed by atoms with Crippen molar-refractivity contribution in [3.63, 3.8) is 0 Å². The maximum absolute atomic E-state index is 13.4. The Morgan fingerprint density at radius 2 is 1.84 bits per heavy atom. The maximum atomic E-state index is 13.4. The molecule has 0 unspecified atom stereocenters. The third kappa shape index (κ3) is 4.08. The largest absolute Gasteiger partial charge is 0.478 e. The van der Waals surface area contributed by atoms with Crippen LogP contribution < -0.4 is 10.6 Å². The van der Waals surface area contributed by atoms with Crippen molar-refractivity contribution in [1.29, 1.82) is 0 Å². The lowest BCUT2D eigenvalue weighted by atomic mass is 9.89. The molecule has 3 atom stereocenters. The van der Waals surface area contributed by atoms with Gasteiger partial charge in [-0.3, -0.25) is 14.5 Å². The molecule has 3 amide bonds. The lowest BCUT2D eigenvalue weighted by Crippen LogP contribution is -2.75. The van der Waals surface area contributed by atoms with Crippen LogP contribution in [0.3, 0.4) is 0 Å². The Balaban J connectivity index is 1.94. The van der Waals surface area contributed by atoms with Gasteiger partial charge in [0.15, 0.2) is 0 Å². The predicted molar refractivity (Wildman–Crippen MR) is 114 cm³/mol. The SMILES string of the molecule is CC(C)(C)OC(=O)N[C@@H](C(=O)N[C@@]1(C(=O)O)N2C(=O)C[C@H]2SC1(C)C)c1ccccc1. The average Bonchev–Trinajstić information content (AvgIpc) is 2.81. The van der Waals surface area contributed by atoms with Crippen LogP contribution in [0.5, 0.6) is 0 Å². The Kier molecular flexibility index (Phi) is 5.72. The van der Waals surface area contributed by atoms with Gasteiger partial charge in [-0.05, 0) is 40.2 Å². The molecule has 1 aromatic carbocycles. The van der Waals surface area contributed by atoms with Gasteiger partial charge < -0.3 is 20.5 Å². The number of carboxylic acids is 1. The van der Waals surface area contributed by atoms with Crippen LogP contribution >= 0.6 is 11.8 Å². The van der Waals surface area contributed by atoms with E-state index < -0.39 is 40.0 Å². The van der Waals surface area contributed by atoms with Gasteiger partial charge in [0.05, 0.1) is 16.5 Å². The maximum Gasteiger partial charge on any atom is 0.408 e. The smallest absolute Gasteiger partial charge is 0.408 e. The number of benzene rings is 1. The van der Waals surface area contributed by atoms with Crippen molar-refractivity contribution in [2.75, 3.05) is 0 Å². The first-order chi connectivity index (χ1) is 14.3. The molecule has 168 valence electrons. The summed E-state index contributed by atoms with van der Waals surface area (Å²) in [6, 6.07) is 7.21. The molecule has 3 N–H and O–H groups in total. The van der Waals surface area contributed by atoms with Crippen LogP contribution in [-0.2, 0) is 19.1 Å². The van der Waals surface area contributed by atoms with Gasteiger partial charge >= 0.3 is 12.1 Å². The number of hydrogen-bond acceptors (Lipinski definition) is 6. The summed E-state index contributed by atoms with van der Waals surface area (Å²) in [7, 11) is 0. The molecular weight excluding hydrogens is 422 g/mol. The summed E-state index contributed by atoms with van der Waals surface area (Å²) in [4.78, 5) is 51.7. The fourth-order valence-corrected chi connectivity index (χ4v) is 5.54. The second kappa shape index (κ2) is 7.74. The number of ether oxygens (including phenoxy) is 1. The summed E-state index contributed by atoms with van der Waals surface area (Å²) in [5, 5.41) is 14.9. The van der Waals surface area contributed by atoms with Crippen molar-refractivity contribution in [1.82, 2.24) is 15.5 Å². The van der Waals surface area contributed by atoms with Gasteiger partial charge in [-0.15, -0.1) is 11.8 Å². The van der Waals surface area contributed by atoms with Crippen molar-refractivity contribution in [2.24, 2.45) is 0 Å². The van der Waals surface area contributed by atoms with E-state index in [1.165, 1.54) is 16.7 Å². The van der Waals surface area contributed by atoms with Crippen molar-refractivity contribution in [2.45, 2.75) is 68.5 Å². The number of thioether (sulfide) groups is 1. The molecule has 0 radical (unpaired) electrons. The first-order valence-corrected chi connectivity index (χ1v) is 10.8. The van der Waals surface area contributed by atoms with Crippen LogP contribution in [0.1, 0.15) is 52.6 Å². The summed E-state index contributed by atoms with van der Waals surface area (Å²) < 4.78 is 4.27. The van der Waals surface area contributed by atoms with Crippen LogP contribution in [0.2, 0.25) is 0 Å². The van der Waals surface area contributed by atoms with Gasteiger partial charge in [0.25, 0.3) is 0 Å². The summed E-state index contributed by atoms with van der Waals surface area (Å²) in [5.41, 5.74) is -2.29. The molecule has 2 aliphatic heterocycles. The van der Waals surface area contributed by atoms with Gasteiger partial charge in [0, 0.05) is 0 Å². The molecule has 0 bridgehead atoms. The summed E-state index contributed by atoms with van der Waals surface area (Å²) >= 11 is 1.33. The number of carbonyl (C=O) groups excluding carboxylic acids is 3. The van der Waals surface area contributed by atoms with Crippen LogP contribution in [-0.4, -0.2) is 55.3 Å². The highest BCUT2D eigenvalue weighted by molar-refractivity contribution is 8.01. The molecule has 3 rings (SSSR count). The number of carbonyl (C=O) groups is 4. The van der Waals surface area contributed by atoms with Crippen molar-refractivity contribution < 1.29 is 29.0 Å². The third-order valence-corrected chi connectivity index (χ3v) is 6.77. The first-order valence-electron chi connectivity index (χ1n) is 9.88. The molecule has 1 aromatic rings. The van der Waals surface area contributed by atoms with E-state index in [-0.39, 0.29) is 17.7 Å². The summed E-state index contributed by atoms with van der Waals surface area (Å²) in [5.74, 6) is -2.44. The lowest BCUT2D eigenvalue weighted by Gasteiger charge is -2.46. The predicted octanol–water partition coefficient (Wildman–Crippen LogP) is 2.23. The van der Waals surface area contributed by atoms with Crippen LogP contribution in [0.25, 0.3) is 0 Å². The zero-order chi connectivity index (χ0) is 23.2. The minimum absolute atomic E-state index is 0.220. The number of rotatable bonds is 5. The van der Waals surface area contributed by atoms with Gasteiger partial charge in [-0.1, -0.05) is 30.3 Å². The Morgan fingerprint density at radius 1 is 1.23 bits per heavy atom. The molecule has 2 heterocycles. The monoisotopic (exact) mass is 449 g/mol. The molecule has 2 saturated heterocycles. The number of hydrogen-bond donors (Lipinski definition) is 3. The zero-order valence-electron chi connectivity index (χ0n) is 18.1. The standard InChI is InChI=1S/C21H27N3O6S/c1-19(2,3)30-18(29)22-15(12-9-7-6-8-10-12)16(26)23-21(17(27)28)20(4,5)31-14-11-13(25)24(14)21/h6-10,14-15H,11H2,1-5H3,(H,22,29)(H,23,26)(H,27,28)/t14-,15-,21+/m1/s1. The Bertz CT molecular complexity index is 913. The topological polar surface area (TPSA) is 125 Å². The molecule has 0 saturated carbocycles. The first kappa shape index (κ1) is 22.9. The van der Waals surface area contributed by atoms with E-state index in [0.29, 0.717) is 5.56 Å². The molecule has 0 spiro atoms. The number of fused-ring (bicyclic) bond motifs is 1. The molecule has 9 nitrogen and oxygen atoms in total. The van der Waals surface area contributed by atoms with Crippen LogP contribution in [0.4, 0.5) is 4.79 Å². The van der Waals surface area contributed by atoms with Crippen molar-refractivity contribution in [3.8, 4) is 0 Å². The second-order valence-electron chi connectivity index (χ2n) is 9.05. The van der Waals surface area contributed by atoms with Crippen LogP contribution in [0.15, 0.2) is 30.3 Å². The van der Waals surface area contributed by atoms with Gasteiger partial charge in [0.2, 0.25) is 17.5 Å². The minimum atomic E-state index is -1.95. The van der Waals surface area contributed by atoms with E-state index in [1.54, 1.807) is 65.0 Å². The van der Waals surface area contributed by atoms with E-state index in [9.17, 15) is 24.3 Å². The van der Waals surface area contributed by atoms with Gasteiger partial charge in [-0.25, -0.2) is 9.59 Å². The highest BCUT2D eigenvalue weighted by Gasteiger charge is 2.70. The van der Waals surface area contributed by atoms with Crippen molar-refractivity contribution in [3.05, 3.63) is 35.9 Å². The fraction of sp³-hybridized carbons (Fsp3) is 0.524. The number of amides is 3. The van der Waals surface area contributed by atoms with Crippen LogP contribution in [0, 0.1) is 0 Å². The van der Waals surface area contributed by atoms with Crippen molar-refractivity contribution >= 4 is 35.6 Å². The molecule has 2 aliphatic rings. The second-order valence-corrected chi connectivity index (χ2v) is 10.8. The quantitative estimate of drug-likeness (QED) is 0.589. The molecule has 2 fully saturated rings. The minimum Gasteiger partial charge on any atom is -0.478 e. The van der Waals surface area contributed by atoms with E-state index in [2.05, 4.69) is 10.6 Å². The number of nitrogens with zero attached hydrogens (tertiary/aromatic N) is 1. The molecule has 31 heavy (non-hydrogen) atoms. The highest BCUT2D eigenvalue weighted by Crippen LogP contribution is 2.55. The Hall–Kier alpha value is -2.75.